The molecular weight excluding hydrogens is 238 g/mol. The number of rotatable bonds is 1. The van der Waals surface area contributed by atoms with E-state index < -0.39 is 0 Å². The molecule has 0 spiro atoms. The van der Waals surface area contributed by atoms with Gasteiger partial charge in [-0.1, -0.05) is 6.07 Å². The summed E-state index contributed by atoms with van der Waals surface area (Å²) in [6, 6.07) is 12.0. The fourth-order valence-electron chi connectivity index (χ4n) is 1.97. The van der Waals surface area contributed by atoms with E-state index in [1.54, 1.807) is 18.2 Å². The SMILES string of the molecule is Cc1cc(O)cc(-c2cc(C#N)c(C#N)cc2N)c1. The maximum atomic E-state index is 9.62. The summed E-state index contributed by atoms with van der Waals surface area (Å²) < 4.78 is 0. The smallest absolute Gasteiger partial charge is 0.116 e. The fraction of sp³-hybridized carbons (Fsp3) is 0.0667. The molecule has 92 valence electrons. The first-order valence-corrected chi connectivity index (χ1v) is 5.60. The van der Waals surface area contributed by atoms with Crippen LogP contribution in [0.4, 0.5) is 5.69 Å². The van der Waals surface area contributed by atoms with E-state index in [-0.39, 0.29) is 16.9 Å². The lowest BCUT2D eigenvalue weighted by Crippen LogP contribution is -1.95. The second kappa shape index (κ2) is 4.72. The molecule has 0 radical (unpaired) electrons. The van der Waals surface area contributed by atoms with Crippen LogP contribution < -0.4 is 5.73 Å². The molecule has 0 fully saturated rings. The highest BCUT2D eigenvalue weighted by atomic mass is 16.3. The van der Waals surface area contributed by atoms with Crippen LogP contribution in [0.5, 0.6) is 5.75 Å². The van der Waals surface area contributed by atoms with E-state index in [9.17, 15) is 5.11 Å². The minimum atomic E-state index is 0.136. The van der Waals surface area contributed by atoms with E-state index in [0.717, 1.165) is 11.1 Å². The highest BCUT2D eigenvalue weighted by Crippen LogP contribution is 2.31. The third kappa shape index (κ3) is 2.34. The van der Waals surface area contributed by atoms with Gasteiger partial charge in [0.15, 0.2) is 0 Å². The highest BCUT2D eigenvalue weighted by Gasteiger charge is 2.10. The average molecular weight is 249 g/mol. The highest BCUT2D eigenvalue weighted by molar-refractivity contribution is 5.80. The zero-order chi connectivity index (χ0) is 14.0. The third-order valence-electron chi connectivity index (χ3n) is 2.80. The van der Waals surface area contributed by atoms with Crippen molar-refractivity contribution in [3.8, 4) is 29.0 Å². The second-order valence-electron chi connectivity index (χ2n) is 4.27. The van der Waals surface area contributed by atoms with Crippen molar-refractivity contribution >= 4 is 5.69 Å². The number of phenols is 1. The summed E-state index contributed by atoms with van der Waals surface area (Å²) in [7, 11) is 0. The summed E-state index contributed by atoms with van der Waals surface area (Å²) >= 11 is 0. The van der Waals surface area contributed by atoms with Crippen molar-refractivity contribution in [1.82, 2.24) is 0 Å². The van der Waals surface area contributed by atoms with Crippen LogP contribution in [0.3, 0.4) is 0 Å². The number of hydrogen-bond donors (Lipinski definition) is 2. The van der Waals surface area contributed by atoms with Crippen LogP contribution in [-0.2, 0) is 0 Å². The lowest BCUT2D eigenvalue weighted by molar-refractivity contribution is 0.475. The first-order valence-electron chi connectivity index (χ1n) is 5.60. The van der Waals surface area contributed by atoms with Gasteiger partial charge in [-0.2, -0.15) is 10.5 Å². The largest absolute Gasteiger partial charge is 0.508 e. The number of anilines is 1. The fourth-order valence-corrected chi connectivity index (χ4v) is 1.97. The summed E-state index contributed by atoms with van der Waals surface area (Å²) in [5.74, 6) is 0.136. The Morgan fingerprint density at radius 3 is 2.21 bits per heavy atom. The van der Waals surface area contributed by atoms with Crippen LogP contribution >= 0.6 is 0 Å². The molecule has 0 amide bonds. The van der Waals surface area contributed by atoms with Crippen molar-refractivity contribution in [2.24, 2.45) is 0 Å². The van der Waals surface area contributed by atoms with Crippen molar-refractivity contribution < 1.29 is 5.11 Å². The minimum Gasteiger partial charge on any atom is -0.508 e. The van der Waals surface area contributed by atoms with Gasteiger partial charge in [-0.25, -0.2) is 0 Å². The van der Waals surface area contributed by atoms with Gasteiger partial charge in [0.25, 0.3) is 0 Å². The van der Waals surface area contributed by atoms with Gasteiger partial charge in [0, 0.05) is 11.3 Å². The van der Waals surface area contributed by atoms with Crippen LogP contribution in [-0.4, -0.2) is 5.11 Å². The Labute approximate surface area is 111 Å². The standard InChI is InChI=1S/C15H11N3O/c1-9-2-10(4-13(19)3-9)14-5-11(7-16)12(8-17)6-15(14)18/h2-6,19H,18H2,1H3. The Kier molecular flexibility index (Phi) is 3.10. The van der Waals surface area contributed by atoms with Gasteiger partial charge in [-0.05, 0) is 42.3 Å². The molecule has 0 atom stereocenters. The number of aryl methyl sites for hydroxylation is 1. The van der Waals surface area contributed by atoms with E-state index in [4.69, 9.17) is 16.3 Å². The van der Waals surface area contributed by atoms with Crippen LogP contribution in [0.15, 0.2) is 30.3 Å². The Balaban J connectivity index is 2.70. The van der Waals surface area contributed by atoms with Crippen molar-refractivity contribution in [3.63, 3.8) is 0 Å². The van der Waals surface area contributed by atoms with Crippen LogP contribution in [0.1, 0.15) is 16.7 Å². The molecule has 0 bridgehead atoms. The average Bonchev–Trinajstić information content (AvgIpc) is 2.37. The van der Waals surface area contributed by atoms with Crippen LogP contribution in [0.2, 0.25) is 0 Å². The molecule has 3 N–H and O–H groups in total. The first kappa shape index (κ1) is 12.5. The summed E-state index contributed by atoms with van der Waals surface area (Å²) in [4.78, 5) is 0. The van der Waals surface area contributed by atoms with E-state index in [1.807, 2.05) is 25.1 Å². The molecule has 0 heterocycles. The van der Waals surface area contributed by atoms with E-state index in [1.165, 1.54) is 6.07 Å². The maximum absolute atomic E-state index is 9.62. The van der Waals surface area contributed by atoms with Crippen molar-refractivity contribution in [2.45, 2.75) is 6.92 Å². The Morgan fingerprint density at radius 1 is 1.00 bits per heavy atom. The molecule has 4 nitrogen and oxygen atoms in total. The number of benzene rings is 2. The summed E-state index contributed by atoms with van der Waals surface area (Å²) in [5.41, 5.74) is 9.07. The zero-order valence-electron chi connectivity index (χ0n) is 10.3. The minimum absolute atomic E-state index is 0.136. The lowest BCUT2D eigenvalue weighted by Gasteiger charge is -2.09. The Bertz CT molecular complexity index is 716. The number of nitrogen functional groups attached to an aromatic ring is 1. The van der Waals surface area contributed by atoms with Gasteiger partial charge in [-0.15, -0.1) is 0 Å². The molecule has 4 heteroatoms. The summed E-state index contributed by atoms with van der Waals surface area (Å²) in [6.07, 6.45) is 0. The van der Waals surface area contributed by atoms with E-state index in [2.05, 4.69) is 0 Å². The Morgan fingerprint density at radius 2 is 1.63 bits per heavy atom. The van der Waals surface area contributed by atoms with Gasteiger partial charge >= 0.3 is 0 Å². The number of nitriles is 2. The van der Waals surface area contributed by atoms with Gasteiger partial charge in [-0.3, -0.25) is 0 Å². The lowest BCUT2D eigenvalue weighted by atomic mass is 9.97. The molecule has 2 aromatic rings. The molecule has 19 heavy (non-hydrogen) atoms. The van der Waals surface area contributed by atoms with Gasteiger partial charge in [0.05, 0.1) is 11.1 Å². The van der Waals surface area contributed by atoms with Crippen molar-refractivity contribution in [1.29, 1.82) is 10.5 Å². The Hall–Kier alpha value is -2.98. The first-order chi connectivity index (χ1) is 9.05. The van der Waals surface area contributed by atoms with Gasteiger partial charge in [0.1, 0.15) is 17.9 Å². The second-order valence-corrected chi connectivity index (χ2v) is 4.27. The predicted octanol–water partition coefficient (Wildman–Crippen LogP) is 2.69. The number of hydrogen-bond acceptors (Lipinski definition) is 4. The molecule has 2 aromatic carbocycles. The summed E-state index contributed by atoms with van der Waals surface area (Å²) in [5, 5.41) is 27.6. The van der Waals surface area contributed by atoms with Crippen LogP contribution in [0.25, 0.3) is 11.1 Å². The molecule has 0 saturated carbocycles. The molecule has 0 aromatic heterocycles. The summed E-state index contributed by atoms with van der Waals surface area (Å²) in [6.45, 7) is 1.86. The number of phenolic OH excluding ortho intramolecular Hbond substituents is 1. The number of nitrogens with zero attached hydrogens (tertiary/aromatic N) is 2. The quantitative estimate of drug-likeness (QED) is 0.760. The molecule has 0 saturated heterocycles. The number of nitrogens with two attached hydrogens (primary N) is 1. The predicted molar refractivity (Wildman–Crippen MR) is 72.1 cm³/mol. The van der Waals surface area contributed by atoms with Gasteiger partial charge in [0.2, 0.25) is 0 Å². The van der Waals surface area contributed by atoms with Crippen molar-refractivity contribution in [2.75, 3.05) is 5.73 Å². The topological polar surface area (TPSA) is 93.8 Å². The molecule has 0 aliphatic carbocycles. The number of aromatic hydroxyl groups is 1. The van der Waals surface area contributed by atoms with Crippen LogP contribution in [0, 0.1) is 29.6 Å². The van der Waals surface area contributed by atoms with E-state index in [0.29, 0.717) is 11.3 Å². The third-order valence-corrected chi connectivity index (χ3v) is 2.80. The maximum Gasteiger partial charge on any atom is 0.116 e. The van der Waals surface area contributed by atoms with Gasteiger partial charge < -0.3 is 10.8 Å². The molecular formula is C15H11N3O. The molecule has 0 aliphatic rings. The normalized spacial score (nSPS) is 9.63. The monoisotopic (exact) mass is 249 g/mol. The molecule has 2 rings (SSSR count). The molecule has 0 unspecified atom stereocenters. The van der Waals surface area contributed by atoms with Crippen molar-refractivity contribution in [3.05, 3.63) is 47.0 Å². The molecule has 0 aliphatic heterocycles. The van der Waals surface area contributed by atoms with E-state index >= 15 is 0 Å². The zero-order valence-corrected chi connectivity index (χ0v) is 10.3.